The quantitative estimate of drug-likeness (QED) is 0.411. The first-order valence-corrected chi connectivity index (χ1v) is 8.66. The molecule has 0 radical (unpaired) electrons. The Labute approximate surface area is 147 Å². The summed E-state index contributed by atoms with van der Waals surface area (Å²) in [6.45, 7) is 0. The number of hydrazine groups is 1. The van der Waals surface area contributed by atoms with Crippen LogP contribution in [-0.4, -0.2) is 11.8 Å². The summed E-state index contributed by atoms with van der Waals surface area (Å²) in [5, 5.41) is 3.17. The molecule has 3 rings (SSSR count). The molecule has 0 unspecified atom stereocenters. The van der Waals surface area contributed by atoms with E-state index in [2.05, 4.69) is 43.9 Å². The first-order chi connectivity index (χ1) is 10.0. The summed E-state index contributed by atoms with van der Waals surface area (Å²) >= 11 is 7.00. The smallest absolute Gasteiger partial charge is 0.267 e. The number of carbonyl (C=O) groups excluding carboxylic acids is 2. The number of amides is 2. The summed E-state index contributed by atoms with van der Waals surface area (Å²) in [7, 11) is 0. The van der Waals surface area contributed by atoms with E-state index in [0.29, 0.717) is 5.69 Å². The maximum absolute atomic E-state index is 12.4. The molecular weight excluding hydrogens is 467 g/mol. The molecule has 106 valence electrons. The van der Waals surface area contributed by atoms with Crippen LogP contribution in [0.3, 0.4) is 0 Å². The third kappa shape index (κ3) is 3.04. The van der Waals surface area contributed by atoms with E-state index in [9.17, 15) is 9.59 Å². The van der Waals surface area contributed by atoms with Gasteiger partial charge >= 0.3 is 0 Å². The fourth-order valence-corrected chi connectivity index (χ4v) is 3.61. The van der Waals surface area contributed by atoms with Gasteiger partial charge < -0.3 is 0 Å². The van der Waals surface area contributed by atoms with E-state index in [1.54, 1.807) is 18.2 Å². The highest BCUT2D eigenvalue weighted by Crippen LogP contribution is 2.26. The monoisotopic (exact) mass is 474 g/mol. The lowest BCUT2D eigenvalue weighted by atomic mass is 10.2. The fourth-order valence-electron chi connectivity index (χ4n) is 1.88. The second-order valence-corrected chi connectivity index (χ2v) is 7.39. The molecule has 0 saturated carbocycles. The van der Waals surface area contributed by atoms with Crippen molar-refractivity contribution in [2.24, 2.45) is 0 Å². The summed E-state index contributed by atoms with van der Waals surface area (Å²) in [5.41, 5.74) is 3.37. The van der Waals surface area contributed by atoms with Crippen molar-refractivity contribution >= 4 is 73.4 Å². The molecule has 2 heterocycles. The third-order valence-electron chi connectivity index (χ3n) is 2.85. The van der Waals surface area contributed by atoms with Crippen LogP contribution in [0.1, 0.15) is 4.88 Å². The Morgan fingerprint density at radius 2 is 1.95 bits per heavy atom. The third-order valence-corrected chi connectivity index (χ3v) is 5.21. The normalized spacial score (nSPS) is 16.7. The van der Waals surface area contributed by atoms with Crippen molar-refractivity contribution in [2.75, 3.05) is 5.01 Å². The van der Waals surface area contributed by atoms with E-state index in [1.807, 2.05) is 23.6 Å². The van der Waals surface area contributed by atoms with Crippen LogP contribution in [-0.2, 0) is 9.59 Å². The van der Waals surface area contributed by atoms with Gasteiger partial charge in [0.05, 0.1) is 5.69 Å². The molecule has 1 aliphatic rings. The highest BCUT2D eigenvalue weighted by molar-refractivity contribution is 14.1. The first kappa shape index (κ1) is 14.7. The van der Waals surface area contributed by atoms with E-state index in [1.165, 1.54) is 16.3 Å². The number of nitrogens with one attached hydrogen (secondary N) is 1. The van der Waals surface area contributed by atoms with Gasteiger partial charge in [0.1, 0.15) is 5.57 Å². The van der Waals surface area contributed by atoms with E-state index in [-0.39, 0.29) is 17.4 Å². The molecule has 1 fully saturated rings. The highest BCUT2D eigenvalue weighted by atomic mass is 127. The average molecular weight is 475 g/mol. The van der Waals surface area contributed by atoms with Gasteiger partial charge in [-0.2, -0.15) is 0 Å². The molecule has 0 atom stereocenters. The van der Waals surface area contributed by atoms with Crippen molar-refractivity contribution in [2.45, 2.75) is 0 Å². The lowest BCUT2D eigenvalue weighted by Gasteiger charge is -2.14. The molecule has 1 aromatic carbocycles. The Bertz CT molecular complexity index is 755. The van der Waals surface area contributed by atoms with Gasteiger partial charge in [-0.05, 0) is 74.9 Å². The highest BCUT2D eigenvalue weighted by Gasteiger charge is 2.34. The van der Waals surface area contributed by atoms with Crippen LogP contribution in [0.2, 0.25) is 0 Å². The van der Waals surface area contributed by atoms with E-state index in [0.717, 1.165) is 12.9 Å². The minimum atomic E-state index is -0.386. The van der Waals surface area contributed by atoms with Gasteiger partial charge in [0.15, 0.2) is 0 Å². The maximum Gasteiger partial charge on any atom is 0.282 e. The van der Waals surface area contributed by atoms with Crippen LogP contribution in [0, 0.1) is 3.57 Å². The predicted molar refractivity (Wildman–Crippen MR) is 94.8 cm³/mol. The number of benzene rings is 1. The molecule has 2 aromatic rings. The summed E-state index contributed by atoms with van der Waals surface area (Å²) < 4.78 is 1.99. The molecule has 0 bridgehead atoms. The Balaban J connectivity index is 1.92. The molecule has 4 nitrogen and oxygen atoms in total. The van der Waals surface area contributed by atoms with Crippen LogP contribution >= 0.6 is 49.9 Å². The minimum Gasteiger partial charge on any atom is -0.267 e. The zero-order valence-electron chi connectivity index (χ0n) is 10.5. The summed E-state index contributed by atoms with van der Waals surface area (Å²) in [6, 6.07) is 9.22. The number of anilines is 1. The summed E-state index contributed by atoms with van der Waals surface area (Å²) in [5.74, 6) is -0.728. The number of hydrogen-bond donors (Lipinski definition) is 1. The summed E-state index contributed by atoms with van der Waals surface area (Å²) in [6.07, 6.45) is 1.61. The standard InChI is InChI=1S/C14H8BrIN2O2S/c15-8-5-11(21-7-8)6-12-13(19)17-18(14(12)20)10-3-1-9(16)2-4-10/h1-7H,(H,17,19)/b12-6-. The van der Waals surface area contributed by atoms with Crippen molar-refractivity contribution in [3.63, 3.8) is 0 Å². The molecule has 1 aliphatic heterocycles. The van der Waals surface area contributed by atoms with Crippen LogP contribution in [0.25, 0.3) is 6.08 Å². The topological polar surface area (TPSA) is 49.4 Å². The minimum absolute atomic E-state index is 0.142. The number of hydrogen-bond acceptors (Lipinski definition) is 3. The van der Waals surface area contributed by atoms with Crippen molar-refractivity contribution in [3.05, 3.63) is 54.2 Å². The zero-order valence-corrected chi connectivity index (χ0v) is 15.0. The lowest BCUT2D eigenvalue weighted by molar-refractivity contribution is -0.117. The van der Waals surface area contributed by atoms with Crippen LogP contribution in [0.15, 0.2) is 45.8 Å². The van der Waals surface area contributed by atoms with E-state index < -0.39 is 0 Å². The Morgan fingerprint density at radius 1 is 1.24 bits per heavy atom. The second-order valence-electron chi connectivity index (χ2n) is 4.28. The molecule has 1 saturated heterocycles. The van der Waals surface area contributed by atoms with E-state index >= 15 is 0 Å². The number of nitrogens with zero attached hydrogens (tertiary/aromatic N) is 1. The lowest BCUT2D eigenvalue weighted by Crippen LogP contribution is -2.35. The average Bonchev–Trinajstić information content (AvgIpc) is 2.98. The maximum atomic E-state index is 12.4. The van der Waals surface area contributed by atoms with E-state index in [4.69, 9.17) is 0 Å². The molecule has 1 N–H and O–H groups in total. The number of thiophene rings is 1. The molecule has 2 amide bonds. The first-order valence-electron chi connectivity index (χ1n) is 5.91. The molecule has 0 spiro atoms. The molecule has 7 heteroatoms. The van der Waals surface area contributed by atoms with Gasteiger partial charge in [0, 0.05) is 18.3 Å². The van der Waals surface area contributed by atoms with Gasteiger partial charge in [0.25, 0.3) is 11.8 Å². The van der Waals surface area contributed by atoms with Gasteiger partial charge in [-0.3, -0.25) is 15.0 Å². The molecule has 0 aliphatic carbocycles. The largest absolute Gasteiger partial charge is 0.282 e. The van der Waals surface area contributed by atoms with Crippen LogP contribution in [0.4, 0.5) is 5.69 Å². The van der Waals surface area contributed by atoms with Crippen molar-refractivity contribution < 1.29 is 9.59 Å². The van der Waals surface area contributed by atoms with Crippen molar-refractivity contribution in [1.29, 1.82) is 0 Å². The van der Waals surface area contributed by atoms with Crippen LogP contribution in [0.5, 0.6) is 0 Å². The Morgan fingerprint density at radius 3 is 2.57 bits per heavy atom. The Kier molecular flexibility index (Phi) is 4.14. The molecular formula is C14H8BrIN2O2S. The SMILES string of the molecule is O=C1NN(c2ccc(I)cc2)C(=O)/C1=C\c1cc(Br)cs1. The van der Waals surface area contributed by atoms with Crippen molar-refractivity contribution in [3.8, 4) is 0 Å². The predicted octanol–water partition coefficient (Wildman–Crippen LogP) is 3.58. The van der Waals surface area contributed by atoms with Gasteiger partial charge in [-0.15, -0.1) is 11.3 Å². The Hall–Kier alpha value is -1.19. The van der Waals surface area contributed by atoms with Gasteiger partial charge in [-0.1, -0.05) is 0 Å². The molecule has 1 aromatic heterocycles. The van der Waals surface area contributed by atoms with Crippen molar-refractivity contribution in [1.82, 2.24) is 5.43 Å². The second kappa shape index (κ2) is 5.90. The van der Waals surface area contributed by atoms with Gasteiger partial charge in [0.2, 0.25) is 0 Å². The number of halogens is 2. The fraction of sp³-hybridized carbons (Fsp3) is 0. The number of rotatable bonds is 2. The summed E-state index contributed by atoms with van der Waals surface area (Å²) in [4.78, 5) is 25.2. The van der Waals surface area contributed by atoms with Gasteiger partial charge in [-0.25, -0.2) is 5.01 Å². The zero-order chi connectivity index (χ0) is 15.0. The van der Waals surface area contributed by atoms with Crippen LogP contribution < -0.4 is 10.4 Å². The molecule has 21 heavy (non-hydrogen) atoms. The number of carbonyl (C=O) groups is 2.